The number of nitrogens with zero attached hydrogens (tertiary/aromatic N) is 2. The third kappa shape index (κ3) is 3.70. The van der Waals surface area contributed by atoms with Gasteiger partial charge in [0.1, 0.15) is 5.01 Å². The first-order chi connectivity index (χ1) is 10.4. The lowest BCUT2D eigenvalue weighted by molar-refractivity contribution is 0.161. The van der Waals surface area contributed by atoms with Gasteiger partial charge >= 0.3 is 0 Å². The quantitative estimate of drug-likeness (QED) is 0.917. The largest absolute Gasteiger partial charge is 0.317 e. The van der Waals surface area contributed by atoms with Crippen molar-refractivity contribution in [2.45, 2.75) is 32.4 Å². The van der Waals surface area contributed by atoms with E-state index in [-0.39, 0.29) is 0 Å². The molecule has 0 spiro atoms. The van der Waals surface area contributed by atoms with Crippen molar-refractivity contribution in [3.05, 3.63) is 41.4 Å². The first-order valence-corrected chi connectivity index (χ1v) is 8.69. The molecule has 0 atom stereocenters. The Labute approximate surface area is 131 Å². The van der Waals surface area contributed by atoms with Crippen molar-refractivity contribution in [2.24, 2.45) is 0 Å². The molecule has 0 radical (unpaired) electrons. The molecule has 0 amide bonds. The first kappa shape index (κ1) is 14.7. The SMILES string of the molecule is CCN(Cc1csc(-c2ccccc2)n1)C1CCNCC1. The van der Waals surface area contributed by atoms with E-state index in [0.717, 1.165) is 31.2 Å². The lowest BCUT2D eigenvalue weighted by Gasteiger charge is -2.33. The van der Waals surface area contributed by atoms with Crippen LogP contribution in [0.2, 0.25) is 0 Å². The number of rotatable bonds is 5. The Kier molecular flexibility index (Phi) is 5.01. The molecule has 1 fully saturated rings. The zero-order valence-corrected chi connectivity index (χ0v) is 13.4. The molecule has 1 saturated heterocycles. The van der Waals surface area contributed by atoms with Gasteiger partial charge in [-0.25, -0.2) is 4.98 Å². The van der Waals surface area contributed by atoms with Gasteiger partial charge in [0.15, 0.2) is 0 Å². The lowest BCUT2D eigenvalue weighted by atomic mass is 10.0. The number of hydrogen-bond acceptors (Lipinski definition) is 4. The molecule has 2 heterocycles. The Morgan fingerprint density at radius 1 is 1.24 bits per heavy atom. The van der Waals surface area contributed by atoms with E-state index in [1.54, 1.807) is 11.3 Å². The van der Waals surface area contributed by atoms with Crippen LogP contribution in [0.5, 0.6) is 0 Å². The van der Waals surface area contributed by atoms with Crippen LogP contribution in [-0.4, -0.2) is 35.6 Å². The zero-order chi connectivity index (χ0) is 14.5. The van der Waals surface area contributed by atoms with E-state index in [2.05, 4.69) is 46.8 Å². The second-order valence-electron chi connectivity index (χ2n) is 5.55. The average molecular weight is 301 g/mol. The summed E-state index contributed by atoms with van der Waals surface area (Å²) < 4.78 is 0. The summed E-state index contributed by atoms with van der Waals surface area (Å²) in [6.07, 6.45) is 2.51. The molecule has 1 aromatic carbocycles. The summed E-state index contributed by atoms with van der Waals surface area (Å²) in [6, 6.07) is 11.2. The number of nitrogens with one attached hydrogen (secondary N) is 1. The Hall–Kier alpha value is -1.23. The molecule has 112 valence electrons. The van der Waals surface area contributed by atoms with Crippen molar-refractivity contribution in [3.8, 4) is 10.6 Å². The fourth-order valence-electron chi connectivity index (χ4n) is 2.97. The Balaban J connectivity index is 1.68. The topological polar surface area (TPSA) is 28.2 Å². The minimum Gasteiger partial charge on any atom is -0.317 e. The number of benzene rings is 1. The monoisotopic (exact) mass is 301 g/mol. The highest BCUT2D eigenvalue weighted by atomic mass is 32.1. The number of hydrogen-bond donors (Lipinski definition) is 1. The van der Waals surface area contributed by atoms with E-state index < -0.39 is 0 Å². The number of piperidine rings is 1. The van der Waals surface area contributed by atoms with E-state index in [0.29, 0.717) is 6.04 Å². The summed E-state index contributed by atoms with van der Waals surface area (Å²) in [6.45, 7) is 6.63. The van der Waals surface area contributed by atoms with Crippen LogP contribution in [0.4, 0.5) is 0 Å². The molecule has 1 N–H and O–H groups in total. The van der Waals surface area contributed by atoms with Gasteiger partial charge in [-0.2, -0.15) is 0 Å². The molecule has 4 heteroatoms. The molecule has 0 bridgehead atoms. The molecule has 1 aliphatic rings. The highest BCUT2D eigenvalue weighted by Crippen LogP contribution is 2.24. The standard InChI is InChI=1S/C17H23N3S/c1-2-20(16-8-10-18-11-9-16)12-15-13-21-17(19-15)14-6-4-3-5-7-14/h3-7,13,16,18H,2,8-12H2,1H3. The van der Waals surface area contributed by atoms with Crippen molar-refractivity contribution in [1.82, 2.24) is 15.2 Å². The van der Waals surface area contributed by atoms with Crippen LogP contribution in [-0.2, 0) is 6.54 Å². The number of aromatic nitrogens is 1. The third-order valence-corrected chi connectivity index (χ3v) is 5.11. The predicted molar refractivity (Wildman–Crippen MR) is 89.5 cm³/mol. The second-order valence-corrected chi connectivity index (χ2v) is 6.41. The Morgan fingerprint density at radius 3 is 2.71 bits per heavy atom. The Morgan fingerprint density at radius 2 is 2.00 bits per heavy atom. The molecule has 1 aliphatic heterocycles. The van der Waals surface area contributed by atoms with Gasteiger partial charge in [-0.3, -0.25) is 4.90 Å². The summed E-state index contributed by atoms with van der Waals surface area (Å²) in [7, 11) is 0. The maximum atomic E-state index is 4.82. The van der Waals surface area contributed by atoms with Crippen LogP contribution in [0.25, 0.3) is 10.6 Å². The molecule has 2 aromatic rings. The first-order valence-electron chi connectivity index (χ1n) is 7.81. The molecule has 0 unspecified atom stereocenters. The van der Waals surface area contributed by atoms with Gasteiger partial charge in [-0.05, 0) is 32.5 Å². The van der Waals surface area contributed by atoms with Gasteiger partial charge < -0.3 is 5.32 Å². The summed E-state index contributed by atoms with van der Waals surface area (Å²) in [4.78, 5) is 7.40. The normalized spacial score (nSPS) is 16.5. The van der Waals surface area contributed by atoms with Gasteiger partial charge in [0.2, 0.25) is 0 Å². The fraction of sp³-hybridized carbons (Fsp3) is 0.471. The van der Waals surface area contributed by atoms with E-state index in [1.807, 2.05) is 6.07 Å². The molecule has 3 rings (SSSR count). The van der Waals surface area contributed by atoms with E-state index in [1.165, 1.54) is 24.1 Å². The maximum absolute atomic E-state index is 4.82. The molecular formula is C17H23N3S. The smallest absolute Gasteiger partial charge is 0.123 e. The summed E-state index contributed by atoms with van der Waals surface area (Å²) in [5, 5.41) is 6.79. The Bertz CT molecular complexity index is 546. The zero-order valence-electron chi connectivity index (χ0n) is 12.6. The maximum Gasteiger partial charge on any atom is 0.123 e. The van der Waals surface area contributed by atoms with E-state index in [4.69, 9.17) is 4.98 Å². The molecular weight excluding hydrogens is 278 g/mol. The van der Waals surface area contributed by atoms with Crippen molar-refractivity contribution in [1.29, 1.82) is 0 Å². The van der Waals surface area contributed by atoms with E-state index in [9.17, 15) is 0 Å². The van der Waals surface area contributed by atoms with Gasteiger partial charge in [0.05, 0.1) is 5.69 Å². The van der Waals surface area contributed by atoms with Crippen LogP contribution in [0.1, 0.15) is 25.5 Å². The minimum absolute atomic E-state index is 0.707. The molecule has 3 nitrogen and oxygen atoms in total. The molecule has 0 saturated carbocycles. The number of thiazole rings is 1. The lowest BCUT2D eigenvalue weighted by Crippen LogP contribution is -2.42. The van der Waals surface area contributed by atoms with Crippen molar-refractivity contribution >= 4 is 11.3 Å². The van der Waals surface area contributed by atoms with Gasteiger partial charge in [0.25, 0.3) is 0 Å². The average Bonchev–Trinajstić information content (AvgIpc) is 3.03. The molecule has 1 aromatic heterocycles. The second kappa shape index (κ2) is 7.16. The summed E-state index contributed by atoms with van der Waals surface area (Å²) in [5.41, 5.74) is 2.43. The predicted octanol–water partition coefficient (Wildman–Crippen LogP) is 3.38. The summed E-state index contributed by atoms with van der Waals surface area (Å²) >= 11 is 1.75. The van der Waals surface area contributed by atoms with Crippen LogP contribution >= 0.6 is 11.3 Å². The van der Waals surface area contributed by atoms with Gasteiger partial charge in [-0.1, -0.05) is 37.3 Å². The van der Waals surface area contributed by atoms with Crippen molar-refractivity contribution < 1.29 is 0 Å². The van der Waals surface area contributed by atoms with Crippen LogP contribution in [0.3, 0.4) is 0 Å². The van der Waals surface area contributed by atoms with Crippen LogP contribution in [0.15, 0.2) is 35.7 Å². The van der Waals surface area contributed by atoms with Crippen molar-refractivity contribution in [3.63, 3.8) is 0 Å². The van der Waals surface area contributed by atoms with Gasteiger partial charge in [0, 0.05) is 23.5 Å². The van der Waals surface area contributed by atoms with Gasteiger partial charge in [-0.15, -0.1) is 11.3 Å². The highest BCUT2D eigenvalue weighted by molar-refractivity contribution is 7.13. The van der Waals surface area contributed by atoms with Crippen LogP contribution < -0.4 is 5.32 Å². The summed E-state index contributed by atoms with van der Waals surface area (Å²) in [5.74, 6) is 0. The van der Waals surface area contributed by atoms with E-state index >= 15 is 0 Å². The third-order valence-electron chi connectivity index (χ3n) is 4.17. The van der Waals surface area contributed by atoms with Crippen LogP contribution in [0, 0.1) is 0 Å². The van der Waals surface area contributed by atoms with Crippen molar-refractivity contribution in [2.75, 3.05) is 19.6 Å². The molecule has 0 aliphatic carbocycles. The minimum atomic E-state index is 0.707. The highest BCUT2D eigenvalue weighted by Gasteiger charge is 2.20. The molecule has 21 heavy (non-hydrogen) atoms. The fourth-order valence-corrected chi connectivity index (χ4v) is 3.79.